The van der Waals surface area contributed by atoms with Crippen LogP contribution in [0.2, 0.25) is 0 Å². The van der Waals surface area contributed by atoms with Crippen molar-refractivity contribution in [3.05, 3.63) is 0 Å². The summed E-state index contributed by atoms with van der Waals surface area (Å²) in [6.45, 7) is 7.87. The fraction of sp³-hybridized carbons (Fsp3) is 0.900. The van der Waals surface area contributed by atoms with Gasteiger partial charge < -0.3 is 9.90 Å². The van der Waals surface area contributed by atoms with Gasteiger partial charge in [-0.1, -0.05) is 34.1 Å². The number of carbonyl (C=O) groups is 1. The summed E-state index contributed by atoms with van der Waals surface area (Å²) in [6, 6.07) is 0. The predicted octanol–water partition coefficient (Wildman–Crippen LogP) is -1.41. The van der Waals surface area contributed by atoms with Gasteiger partial charge in [0.1, 0.15) is 0 Å². The van der Waals surface area contributed by atoms with Gasteiger partial charge in [0, 0.05) is 11.4 Å². The van der Waals surface area contributed by atoms with Gasteiger partial charge in [-0.3, -0.25) is 0 Å². The monoisotopic (exact) mass is 178 g/mol. The Hall–Kier alpha value is 0.0674. The minimum atomic E-state index is -0.911. The number of carboxylic acids is 1. The zero-order chi connectivity index (χ0) is 9.78. The molecule has 0 rings (SSSR count). The van der Waals surface area contributed by atoms with Crippen molar-refractivity contribution in [3.63, 3.8) is 0 Å². The molecule has 0 bridgehead atoms. The molecule has 2 nitrogen and oxygen atoms in total. The Balaban J connectivity index is 0. The minimum absolute atomic E-state index is 0. The third-order valence-electron chi connectivity index (χ3n) is 2.55. The number of hydrogen-bond donors (Lipinski definition) is 0. The van der Waals surface area contributed by atoms with E-state index in [4.69, 9.17) is 0 Å². The molecule has 3 heteroatoms. The van der Waals surface area contributed by atoms with Gasteiger partial charge in [0.25, 0.3) is 0 Å². The molecule has 0 N–H and O–H groups in total. The fourth-order valence-electron chi connectivity index (χ4n) is 1.03. The Morgan fingerprint density at radius 2 is 1.92 bits per heavy atom. The van der Waals surface area contributed by atoms with E-state index < -0.39 is 11.4 Å². The molecule has 0 aliphatic rings. The van der Waals surface area contributed by atoms with E-state index in [1.807, 2.05) is 6.92 Å². The number of hydrogen-bond acceptors (Lipinski definition) is 2. The zero-order valence-corrected chi connectivity index (χ0v) is 9.52. The molecular formula is C10H19LiO2. The van der Waals surface area contributed by atoms with E-state index in [0.717, 1.165) is 12.8 Å². The molecule has 0 spiro atoms. The summed E-state index contributed by atoms with van der Waals surface area (Å²) < 4.78 is 0. The second kappa shape index (κ2) is 6.51. The average Bonchev–Trinajstić information content (AvgIpc) is 1.99. The standard InChI is InChI=1S/C10H20O2.Li/c1-5-10(4,9(11)12)7-6-8(2)3;/h8H,5-7H2,1-4H3,(H,11,12);/q;+1/p-1. The maximum atomic E-state index is 10.8. The largest absolute Gasteiger partial charge is 1.00 e. The first-order valence-electron chi connectivity index (χ1n) is 4.64. The van der Waals surface area contributed by atoms with Crippen molar-refractivity contribution in [1.29, 1.82) is 0 Å². The number of carboxylic acid groups (broad SMARTS) is 1. The molecule has 0 aromatic rings. The molecule has 0 aliphatic heterocycles. The van der Waals surface area contributed by atoms with E-state index in [9.17, 15) is 9.90 Å². The minimum Gasteiger partial charge on any atom is -0.550 e. The van der Waals surface area contributed by atoms with Gasteiger partial charge in [0.05, 0.1) is 0 Å². The number of aliphatic carboxylic acids is 1. The van der Waals surface area contributed by atoms with Crippen molar-refractivity contribution in [2.45, 2.75) is 47.0 Å². The topological polar surface area (TPSA) is 40.1 Å². The molecule has 0 fully saturated rings. The van der Waals surface area contributed by atoms with Crippen LogP contribution in [0.1, 0.15) is 47.0 Å². The van der Waals surface area contributed by atoms with Crippen molar-refractivity contribution in [2.24, 2.45) is 11.3 Å². The average molecular weight is 178 g/mol. The fourth-order valence-corrected chi connectivity index (χ4v) is 1.03. The molecule has 1 unspecified atom stereocenters. The number of rotatable bonds is 5. The van der Waals surface area contributed by atoms with Crippen LogP contribution in [0.4, 0.5) is 0 Å². The molecule has 0 aliphatic carbocycles. The van der Waals surface area contributed by atoms with Crippen molar-refractivity contribution in [3.8, 4) is 0 Å². The van der Waals surface area contributed by atoms with Gasteiger partial charge in [-0.25, -0.2) is 0 Å². The van der Waals surface area contributed by atoms with E-state index in [-0.39, 0.29) is 18.9 Å². The Labute approximate surface area is 93.3 Å². The summed E-state index contributed by atoms with van der Waals surface area (Å²) in [6.07, 6.45) is 2.34. The molecule has 0 saturated carbocycles. The van der Waals surface area contributed by atoms with Crippen molar-refractivity contribution < 1.29 is 28.8 Å². The normalized spacial score (nSPS) is 14.8. The van der Waals surface area contributed by atoms with Crippen LogP contribution in [0.3, 0.4) is 0 Å². The quantitative estimate of drug-likeness (QED) is 0.485. The molecule has 13 heavy (non-hydrogen) atoms. The maximum Gasteiger partial charge on any atom is 1.00 e. The van der Waals surface area contributed by atoms with E-state index in [1.54, 1.807) is 6.92 Å². The third-order valence-corrected chi connectivity index (χ3v) is 2.55. The van der Waals surface area contributed by atoms with Gasteiger partial charge in [0.15, 0.2) is 0 Å². The van der Waals surface area contributed by atoms with E-state index >= 15 is 0 Å². The Kier molecular flexibility index (Phi) is 7.78. The van der Waals surface area contributed by atoms with Gasteiger partial charge >= 0.3 is 18.9 Å². The predicted molar refractivity (Wildman–Crippen MR) is 47.5 cm³/mol. The SMILES string of the molecule is CCC(C)(CCC(C)C)C(=O)[O-].[Li+]. The first-order chi connectivity index (χ1) is 5.42. The van der Waals surface area contributed by atoms with E-state index in [2.05, 4.69) is 13.8 Å². The summed E-state index contributed by atoms with van der Waals surface area (Å²) in [4.78, 5) is 10.8. The van der Waals surface area contributed by atoms with Crippen molar-refractivity contribution >= 4 is 5.97 Å². The summed E-state index contributed by atoms with van der Waals surface area (Å²) in [5, 5.41) is 10.8. The second-order valence-electron chi connectivity index (χ2n) is 4.13. The van der Waals surface area contributed by atoms with Crippen LogP contribution in [0, 0.1) is 11.3 Å². The molecular weight excluding hydrogens is 159 g/mol. The third kappa shape index (κ3) is 5.39. The maximum absolute atomic E-state index is 10.8. The summed E-state index contributed by atoms with van der Waals surface area (Å²) in [7, 11) is 0. The second-order valence-corrected chi connectivity index (χ2v) is 4.13. The van der Waals surface area contributed by atoms with E-state index in [0.29, 0.717) is 12.3 Å². The first kappa shape index (κ1) is 15.5. The first-order valence-corrected chi connectivity index (χ1v) is 4.64. The summed E-state index contributed by atoms with van der Waals surface area (Å²) in [5.74, 6) is -0.346. The summed E-state index contributed by atoms with van der Waals surface area (Å²) in [5.41, 5.74) is -0.621. The van der Waals surface area contributed by atoms with Crippen LogP contribution < -0.4 is 24.0 Å². The van der Waals surface area contributed by atoms with Crippen LogP contribution in [-0.2, 0) is 4.79 Å². The zero-order valence-electron chi connectivity index (χ0n) is 9.52. The molecule has 0 aromatic heterocycles. The molecule has 0 radical (unpaired) electrons. The van der Waals surface area contributed by atoms with Gasteiger partial charge in [0.2, 0.25) is 0 Å². The Morgan fingerprint density at radius 3 is 2.15 bits per heavy atom. The van der Waals surface area contributed by atoms with Crippen LogP contribution in [0.25, 0.3) is 0 Å². The van der Waals surface area contributed by atoms with Gasteiger partial charge in [-0.05, 0) is 18.8 Å². The molecule has 0 amide bonds. The molecule has 0 saturated heterocycles. The molecule has 0 heterocycles. The van der Waals surface area contributed by atoms with Crippen molar-refractivity contribution in [1.82, 2.24) is 0 Å². The van der Waals surface area contributed by atoms with Crippen molar-refractivity contribution in [2.75, 3.05) is 0 Å². The van der Waals surface area contributed by atoms with Crippen LogP contribution >= 0.6 is 0 Å². The van der Waals surface area contributed by atoms with Gasteiger partial charge in [-0.15, -0.1) is 0 Å². The van der Waals surface area contributed by atoms with Crippen LogP contribution in [0.5, 0.6) is 0 Å². The van der Waals surface area contributed by atoms with E-state index in [1.165, 1.54) is 0 Å². The molecule has 72 valence electrons. The molecule has 1 atom stereocenters. The summed E-state index contributed by atoms with van der Waals surface area (Å²) >= 11 is 0. The Morgan fingerprint density at radius 1 is 1.46 bits per heavy atom. The Bertz CT molecular complexity index is 157. The van der Waals surface area contributed by atoms with Crippen LogP contribution in [0.15, 0.2) is 0 Å². The van der Waals surface area contributed by atoms with Crippen LogP contribution in [-0.4, -0.2) is 5.97 Å². The smallest absolute Gasteiger partial charge is 0.550 e. The molecule has 0 aromatic carbocycles. The van der Waals surface area contributed by atoms with Gasteiger partial charge in [-0.2, -0.15) is 0 Å². The number of carbonyl (C=O) groups excluding carboxylic acids is 1.